The van der Waals surface area contributed by atoms with Crippen molar-refractivity contribution < 1.29 is 19.1 Å². The lowest BCUT2D eigenvalue weighted by atomic mass is 9.94. The van der Waals surface area contributed by atoms with Crippen molar-refractivity contribution in [1.29, 1.82) is 0 Å². The largest absolute Gasteiger partial charge is 0.493 e. The van der Waals surface area contributed by atoms with E-state index in [1.54, 1.807) is 34.5 Å². The van der Waals surface area contributed by atoms with E-state index in [0.717, 1.165) is 34.6 Å². The topological polar surface area (TPSA) is 111 Å². The lowest BCUT2D eigenvalue weighted by Gasteiger charge is -2.29. The van der Waals surface area contributed by atoms with Gasteiger partial charge in [-0.05, 0) is 70.4 Å². The molecule has 3 aromatic rings. The Hall–Kier alpha value is -3.99. The summed E-state index contributed by atoms with van der Waals surface area (Å²) in [5, 5.41) is 11.8. The summed E-state index contributed by atoms with van der Waals surface area (Å²) >= 11 is 1.57. The molecule has 10 nitrogen and oxygen atoms in total. The summed E-state index contributed by atoms with van der Waals surface area (Å²) in [6.07, 6.45) is 0.988. The molecule has 0 radical (unpaired) electrons. The van der Waals surface area contributed by atoms with Gasteiger partial charge in [0.2, 0.25) is 11.1 Å². The van der Waals surface area contributed by atoms with Crippen LogP contribution < -0.4 is 20.1 Å². The third-order valence-corrected chi connectivity index (χ3v) is 8.16. The molecule has 1 atom stereocenters. The average molecular weight is 593 g/mol. The van der Waals surface area contributed by atoms with Crippen molar-refractivity contribution in [3.63, 3.8) is 0 Å². The van der Waals surface area contributed by atoms with Gasteiger partial charge in [-0.25, -0.2) is 4.68 Å². The van der Waals surface area contributed by atoms with E-state index in [4.69, 9.17) is 19.6 Å². The minimum absolute atomic E-state index is 0.0987. The molecule has 0 spiro atoms. The van der Waals surface area contributed by atoms with Crippen LogP contribution in [0.3, 0.4) is 0 Å². The number of hydrogen-bond donors (Lipinski definition) is 2. The Kier molecular flexibility index (Phi) is 10.2. The van der Waals surface area contributed by atoms with E-state index in [1.165, 1.54) is 0 Å². The van der Waals surface area contributed by atoms with Crippen LogP contribution in [-0.2, 0) is 9.59 Å². The van der Waals surface area contributed by atoms with E-state index in [9.17, 15) is 9.59 Å². The van der Waals surface area contributed by atoms with Crippen molar-refractivity contribution in [3.8, 4) is 11.5 Å². The summed E-state index contributed by atoms with van der Waals surface area (Å²) in [5.74, 6) is 1.99. The third-order valence-electron chi connectivity index (χ3n) is 7.11. The Morgan fingerprint density at radius 2 is 1.83 bits per heavy atom. The molecule has 0 bridgehead atoms. The minimum atomic E-state index is -0.587. The second kappa shape index (κ2) is 13.8. The monoisotopic (exact) mass is 592 g/mol. The number of fused-ring (bicyclic) bond motifs is 1. The second-order valence-corrected chi connectivity index (χ2v) is 11.2. The highest BCUT2D eigenvalue weighted by atomic mass is 32.2. The van der Waals surface area contributed by atoms with Crippen molar-refractivity contribution in [2.45, 2.75) is 59.2 Å². The number of methoxy groups -OCH3 is 1. The van der Waals surface area contributed by atoms with Crippen LogP contribution in [0.15, 0.2) is 52.8 Å². The highest BCUT2D eigenvalue weighted by Gasteiger charge is 2.35. The van der Waals surface area contributed by atoms with Gasteiger partial charge in [0.15, 0.2) is 18.1 Å². The first-order valence-electron chi connectivity index (χ1n) is 14.2. The number of rotatable bonds is 12. The number of nitrogens with one attached hydrogen (secondary N) is 2. The van der Waals surface area contributed by atoms with Gasteiger partial charge in [-0.2, -0.15) is 4.98 Å². The van der Waals surface area contributed by atoms with Crippen LogP contribution in [0.25, 0.3) is 0 Å². The fourth-order valence-electron chi connectivity index (χ4n) is 4.91. The van der Waals surface area contributed by atoms with E-state index < -0.39 is 6.04 Å². The maximum atomic E-state index is 13.9. The Morgan fingerprint density at radius 3 is 2.50 bits per heavy atom. The van der Waals surface area contributed by atoms with Gasteiger partial charge in [0, 0.05) is 30.2 Å². The number of benzene rings is 2. The Balaban J connectivity index is 1.72. The summed E-state index contributed by atoms with van der Waals surface area (Å²) in [4.78, 5) is 32.9. The zero-order chi connectivity index (χ0) is 30.4. The van der Waals surface area contributed by atoms with Gasteiger partial charge in [-0.1, -0.05) is 42.4 Å². The van der Waals surface area contributed by atoms with Crippen LogP contribution in [-0.4, -0.2) is 64.0 Å². The average Bonchev–Trinajstić information content (AvgIpc) is 3.38. The molecule has 2 heterocycles. The molecule has 42 heavy (non-hydrogen) atoms. The molecule has 1 unspecified atom stereocenters. The normalized spacial score (nSPS) is 14.2. The molecule has 1 aromatic heterocycles. The third kappa shape index (κ3) is 6.73. The lowest BCUT2D eigenvalue weighted by molar-refractivity contribution is -0.133. The second-order valence-electron chi connectivity index (χ2n) is 10.1. The molecule has 0 fully saturated rings. The fraction of sp³-hybridized carbons (Fsp3) is 0.419. The van der Waals surface area contributed by atoms with Crippen molar-refractivity contribution in [2.75, 3.05) is 43.2 Å². The number of carbonyl (C=O) groups excluding carboxylic acids is 2. The number of ether oxygens (including phenoxy) is 2. The van der Waals surface area contributed by atoms with Gasteiger partial charge in [-0.15, -0.1) is 5.10 Å². The van der Waals surface area contributed by atoms with Gasteiger partial charge >= 0.3 is 0 Å². The molecular weight excluding hydrogens is 552 g/mol. The number of aromatic nitrogens is 3. The molecule has 2 aromatic carbocycles. The highest BCUT2D eigenvalue weighted by Crippen LogP contribution is 2.40. The van der Waals surface area contributed by atoms with Gasteiger partial charge < -0.3 is 25.0 Å². The lowest BCUT2D eigenvalue weighted by Crippen LogP contribution is -2.34. The van der Waals surface area contributed by atoms with Crippen LogP contribution >= 0.6 is 11.8 Å². The number of carbonyl (C=O) groups is 2. The number of hydrogen-bond acceptors (Lipinski definition) is 8. The molecule has 0 saturated carbocycles. The molecule has 4 rings (SSSR count). The molecule has 2 amide bonds. The minimum Gasteiger partial charge on any atom is -0.493 e. The highest BCUT2D eigenvalue weighted by molar-refractivity contribution is 7.99. The predicted molar refractivity (Wildman–Crippen MR) is 166 cm³/mol. The van der Waals surface area contributed by atoms with Gasteiger partial charge in [0.05, 0.1) is 12.7 Å². The molecule has 224 valence electrons. The molecule has 2 N–H and O–H groups in total. The standard InChI is InChI=1S/C31H40N6O4S/c1-8-15-42-31-34-30-32-21(6)27(29(39)33-23-13-11-19(4)16-20(23)5)28(37(30)35-31)22-12-14-24(25(17-22)40-7)41-18-26(38)36(9-2)10-3/h11-14,16-17,28H,8-10,15,18H2,1-7H3,(H,33,39)(H,32,34,35). The fourth-order valence-corrected chi connectivity index (χ4v) is 5.60. The molecule has 0 saturated heterocycles. The molecule has 0 aliphatic carbocycles. The molecular formula is C31H40N6O4S. The molecule has 1 aliphatic heterocycles. The first kappa shape index (κ1) is 31.0. The number of thioether (sulfide) groups is 1. The van der Waals surface area contributed by atoms with Gasteiger partial charge in [0.25, 0.3) is 11.8 Å². The van der Waals surface area contributed by atoms with Gasteiger partial charge in [0.1, 0.15) is 6.04 Å². The molecule has 11 heteroatoms. The van der Waals surface area contributed by atoms with E-state index in [1.807, 2.05) is 65.0 Å². The summed E-state index contributed by atoms with van der Waals surface area (Å²) < 4.78 is 13.3. The van der Waals surface area contributed by atoms with Crippen LogP contribution in [0.2, 0.25) is 0 Å². The Bertz CT molecular complexity index is 1480. The quantitative estimate of drug-likeness (QED) is 0.262. The number of nitrogens with zero attached hydrogens (tertiary/aromatic N) is 4. The maximum Gasteiger partial charge on any atom is 0.260 e. The number of allylic oxidation sites excluding steroid dienone is 1. The van der Waals surface area contributed by atoms with Crippen molar-refractivity contribution in [2.24, 2.45) is 0 Å². The number of likely N-dealkylation sites (N-methyl/N-ethyl adjacent to an activating group) is 1. The van der Waals surface area contributed by atoms with E-state index in [0.29, 0.717) is 47.0 Å². The van der Waals surface area contributed by atoms with Crippen molar-refractivity contribution in [1.82, 2.24) is 19.7 Å². The maximum absolute atomic E-state index is 13.9. The van der Waals surface area contributed by atoms with Crippen LogP contribution in [0, 0.1) is 13.8 Å². The van der Waals surface area contributed by atoms with E-state index in [2.05, 4.69) is 17.6 Å². The Labute approximate surface area is 251 Å². The summed E-state index contributed by atoms with van der Waals surface area (Å²) in [6.45, 7) is 13.0. The molecule has 1 aliphatic rings. The summed E-state index contributed by atoms with van der Waals surface area (Å²) in [5.41, 5.74) is 4.79. The SMILES string of the molecule is CCCSc1nc2n(n1)C(c1ccc(OCC(=O)N(CC)CC)c(OC)c1)C(C(=O)Nc1ccc(C)cc1C)=C(C)N2. The summed E-state index contributed by atoms with van der Waals surface area (Å²) in [7, 11) is 1.55. The van der Waals surface area contributed by atoms with Crippen LogP contribution in [0.4, 0.5) is 11.6 Å². The predicted octanol–water partition coefficient (Wildman–Crippen LogP) is 5.58. The Morgan fingerprint density at radius 1 is 1.07 bits per heavy atom. The zero-order valence-electron chi connectivity index (χ0n) is 25.4. The number of amides is 2. The van der Waals surface area contributed by atoms with Crippen LogP contribution in [0.1, 0.15) is 56.8 Å². The van der Waals surface area contributed by atoms with Crippen molar-refractivity contribution >= 4 is 35.2 Å². The number of anilines is 2. The first-order valence-corrected chi connectivity index (χ1v) is 15.2. The summed E-state index contributed by atoms with van der Waals surface area (Å²) in [6, 6.07) is 10.8. The number of aryl methyl sites for hydroxylation is 2. The zero-order valence-corrected chi connectivity index (χ0v) is 26.2. The van der Waals surface area contributed by atoms with E-state index >= 15 is 0 Å². The van der Waals surface area contributed by atoms with Crippen LogP contribution in [0.5, 0.6) is 11.5 Å². The first-order chi connectivity index (χ1) is 20.2. The smallest absolute Gasteiger partial charge is 0.260 e. The van der Waals surface area contributed by atoms with E-state index in [-0.39, 0.29) is 18.4 Å². The van der Waals surface area contributed by atoms with Gasteiger partial charge in [-0.3, -0.25) is 9.59 Å². The van der Waals surface area contributed by atoms with Crippen molar-refractivity contribution in [3.05, 3.63) is 64.4 Å².